The first-order valence-corrected chi connectivity index (χ1v) is 9.01. The lowest BCUT2D eigenvalue weighted by Crippen LogP contribution is -2.42. The number of carbonyl (C=O) groups is 1. The Balaban J connectivity index is 0.00000625. The number of carbonyl (C=O) groups excluding carboxylic acids is 1. The molecule has 154 valence electrons. The highest BCUT2D eigenvalue weighted by Crippen LogP contribution is 2.11. The topological polar surface area (TPSA) is 93.2 Å². The van der Waals surface area contributed by atoms with E-state index < -0.39 is 11.7 Å². The minimum Gasteiger partial charge on any atom is -0.444 e. The van der Waals surface area contributed by atoms with Gasteiger partial charge in [-0.3, -0.25) is 4.99 Å². The monoisotopic (exact) mass is 486 g/mol. The summed E-state index contributed by atoms with van der Waals surface area (Å²) in [6, 6.07) is 0. The third kappa shape index (κ3) is 13.4. The van der Waals surface area contributed by atoms with Crippen LogP contribution in [-0.2, 0) is 14.2 Å². The van der Waals surface area contributed by atoms with E-state index in [1.165, 1.54) is 0 Å². The van der Waals surface area contributed by atoms with Crippen molar-refractivity contribution in [3.63, 3.8) is 0 Å². The number of hydrogen-bond acceptors (Lipinski definition) is 5. The highest BCUT2D eigenvalue weighted by atomic mass is 127. The molecule has 1 rings (SSSR count). The van der Waals surface area contributed by atoms with Crippen molar-refractivity contribution in [3.05, 3.63) is 0 Å². The van der Waals surface area contributed by atoms with Gasteiger partial charge < -0.3 is 30.2 Å². The van der Waals surface area contributed by atoms with E-state index in [4.69, 9.17) is 14.2 Å². The zero-order valence-corrected chi connectivity index (χ0v) is 18.8. The molecule has 0 aromatic carbocycles. The second-order valence-electron chi connectivity index (χ2n) is 6.92. The first-order chi connectivity index (χ1) is 11.9. The van der Waals surface area contributed by atoms with E-state index in [1.807, 2.05) is 20.8 Å². The number of amides is 1. The van der Waals surface area contributed by atoms with E-state index in [2.05, 4.69) is 20.9 Å². The molecule has 0 saturated carbocycles. The molecule has 0 radical (unpaired) electrons. The van der Waals surface area contributed by atoms with Crippen LogP contribution in [0.3, 0.4) is 0 Å². The van der Waals surface area contributed by atoms with E-state index in [0.29, 0.717) is 32.3 Å². The molecule has 1 amide bonds. The zero-order chi connectivity index (χ0) is 18.5. The van der Waals surface area contributed by atoms with Gasteiger partial charge in [-0.25, -0.2) is 4.79 Å². The number of guanidine groups is 1. The van der Waals surface area contributed by atoms with Gasteiger partial charge in [0.05, 0.1) is 12.7 Å². The Bertz CT molecular complexity index is 410. The zero-order valence-electron chi connectivity index (χ0n) is 16.4. The predicted octanol–water partition coefficient (Wildman–Crippen LogP) is 1.88. The molecule has 1 unspecified atom stereocenters. The maximum Gasteiger partial charge on any atom is 0.407 e. The summed E-state index contributed by atoms with van der Waals surface area (Å²) in [6.07, 6.45) is 3.00. The van der Waals surface area contributed by atoms with Gasteiger partial charge in [0.2, 0.25) is 0 Å². The van der Waals surface area contributed by atoms with Gasteiger partial charge in [0.15, 0.2) is 5.96 Å². The molecule has 3 N–H and O–H groups in total. The Morgan fingerprint density at radius 1 is 1.19 bits per heavy atom. The van der Waals surface area contributed by atoms with Crippen LogP contribution in [-0.4, -0.2) is 70.3 Å². The van der Waals surface area contributed by atoms with Crippen molar-refractivity contribution in [2.75, 3.05) is 46.5 Å². The van der Waals surface area contributed by atoms with Crippen LogP contribution >= 0.6 is 24.0 Å². The number of nitrogens with zero attached hydrogens (tertiary/aromatic N) is 1. The SMILES string of the molecule is CN=C(NCCCOCC1CCCO1)NCCNC(=O)OC(C)(C)C.I. The first-order valence-electron chi connectivity index (χ1n) is 9.01. The summed E-state index contributed by atoms with van der Waals surface area (Å²) in [5, 5.41) is 9.03. The molecule has 0 aromatic rings. The van der Waals surface area contributed by atoms with Gasteiger partial charge >= 0.3 is 6.09 Å². The van der Waals surface area contributed by atoms with E-state index in [0.717, 1.165) is 32.4 Å². The van der Waals surface area contributed by atoms with Gasteiger partial charge in [-0.05, 0) is 40.0 Å². The van der Waals surface area contributed by atoms with Gasteiger partial charge in [0, 0.05) is 39.9 Å². The van der Waals surface area contributed by atoms with E-state index in [-0.39, 0.29) is 30.1 Å². The highest BCUT2D eigenvalue weighted by molar-refractivity contribution is 14.0. The number of hydrogen-bond donors (Lipinski definition) is 3. The Hall–Kier alpha value is -0.810. The molecule has 8 nitrogen and oxygen atoms in total. The summed E-state index contributed by atoms with van der Waals surface area (Å²) < 4.78 is 16.3. The van der Waals surface area contributed by atoms with Crippen LogP contribution in [0, 0.1) is 0 Å². The van der Waals surface area contributed by atoms with Gasteiger partial charge in [0.25, 0.3) is 0 Å². The fraction of sp³-hybridized carbons (Fsp3) is 0.882. The van der Waals surface area contributed by atoms with E-state index >= 15 is 0 Å². The maximum absolute atomic E-state index is 11.5. The van der Waals surface area contributed by atoms with Gasteiger partial charge in [0.1, 0.15) is 5.60 Å². The lowest BCUT2D eigenvalue weighted by atomic mass is 10.2. The molecule has 0 aliphatic carbocycles. The second kappa shape index (κ2) is 14.3. The highest BCUT2D eigenvalue weighted by Gasteiger charge is 2.16. The average molecular weight is 486 g/mol. The molecule has 9 heteroatoms. The van der Waals surface area contributed by atoms with Gasteiger partial charge in [-0.1, -0.05) is 0 Å². The van der Waals surface area contributed by atoms with Crippen LogP contribution < -0.4 is 16.0 Å². The first kappa shape index (κ1) is 25.2. The van der Waals surface area contributed by atoms with Crippen LogP contribution in [0.25, 0.3) is 0 Å². The maximum atomic E-state index is 11.5. The summed E-state index contributed by atoms with van der Waals surface area (Å²) in [7, 11) is 1.71. The van der Waals surface area contributed by atoms with Crippen molar-refractivity contribution >= 4 is 36.0 Å². The van der Waals surface area contributed by atoms with Crippen molar-refractivity contribution in [2.45, 2.75) is 51.7 Å². The van der Waals surface area contributed by atoms with Gasteiger partial charge in [-0.2, -0.15) is 0 Å². The molecule has 1 aliphatic heterocycles. The Kier molecular flexibility index (Phi) is 13.8. The number of rotatable bonds is 9. The summed E-state index contributed by atoms with van der Waals surface area (Å²) in [5.74, 6) is 0.699. The lowest BCUT2D eigenvalue weighted by Gasteiger charge is -2.20. The van der Waals surface area contributed by atoms with Crippen molar-refractivity contribution in [1.82, 2.24) is 16.0 Å². The van der Waals surface area contributed by atoms with Crippen LogP contribution in [0.2, 0.25) is 0 Å². The average Bonchev–Trinajstić information content (AvgIpc) is 3.04. The Morgan fingerprint density at radius 3 is 2.50 bits per heavy atom. The number of ether oxygens (including phenoxy) is 3. The van der Waals surface area contributed by atoms with Gasteiger partial charge in [-0.15, -0.1) is 24.0 Å². The van der Waals surface area contributed by atoms with E-state index in [9.17, 15) is 4.79 Å². The minimum atomic E-state index is -0.485. The predicted molar refractivity (Wildman–Crippen MR) is 113 cm³/mol. The number of alkyl carbamates (subject to hydrolysis) is 1. The fourth-order valence-corrected chi connectivity index (χ4v) is 2.25. The fourth-order valence-electron chi connectivity index (χ4n) is 2.25. The number of halogens is 1. The normalized spacial score (nSPS) is 17.4. The third-order valence-electron chi connectivity index (χ3n) is 3.39. The van der Waals surface area contributed by atoms with Crippen molar-refractivity contribution in [3.8, 4) is 0 Å². The Labute approximate surface area is 174 Å². The lowest BCUT2D eigenvalue weighted by molar-refractivity contribution is 0.0168. The molecule has 1 fully saturated rings. The molecular formula is C17H35IN4O4. The molecule has 1 aliphatic rings. The minimum absolute atomic E-state index is 0. The van der Waals surface area contributed by atoms with Crippen molar-refractivity contribution < 1.29 is 19.0 Å². The quantitative estimate of drug-likeness (QED) is 0.200. The molecule has 1 atom stereocenters. The van der Waals surface area contributed by atoms with Crippen LogP contribution in [0.4, 0.5) is 4.79 Å². The summed E-state index contributed by atoms with van der Waals surface area (Å²) in [4.78, 5) is 15.6. The summed E-state index contributed by atoms with van der Waals surface area (Å²) in [5.41, 5.74) is -0.485. The Morgan fingerprint density at radius 2 is 1.88 bits per heavy atom. The van der Waals surface area contributed by atoms with Crippen LogP contribution in [0.1, 0.15) is 40.0 Å². The standard InChI is InChI=1S/C17H34N4O4.HI/c1-17(2,3)25-16(22)21-10-9-20-15(18-4)19-8-6-11-23-13-14-7-5-12-24-14;/h14H,5-13H2,1-4H3,(H,21,22)(H2,18,19,20);1H. The largest absolute Gasteiger partial charge is 0.444 e. The summed E-state index contributed by atoms with van der Waals surface area (Å²) in [6.45, 7) is 9.54. The van der Waals surface area contributed by atoms with Crippen LogP contribution in [0.5, 0.6) is 0 Å². The third-order valence-corrected chi connectivity index (χ3v) is 3.39. The summed E-state index contributed by atoms with van der Waals surface area (Å²) >= 11 is 0. The second-order valence-corrected chi connectivity index (χ2v) is 6.92. The molecule has 1 saturated heterocycles. The molecule has 0 spiro atoms. The molecule has 1 heterocycles. The molecule has 0 bridgehead atoms. The molecule has 0 aromatic heterocycles. The van der Waals surface area contributed by atoms with E-state index in [1.54, 1.807) is 7.05 Å². The number of aliphatic imine (C=N–C) groups is 1. The molecular weight excluding hydrogens is 451 g/mol. The number of nitrogens with one attached hydrogen (secondary N) is 3. The van der Waals surface area contributed by atoms with Crippen LogP contribution in [0.15, 0.2) is 4.99 Å². The smallest absolute Gasteiger partial charge is 0.407 e. The molecule has 26 heavy (non-hydrogen) atoms. The van der Waals surface area contributed by atoms with Crippen molar-refractivity contribution in [2.24, 2.45) is 4.99 Å². The van der Waals surface area contributed by atoms with Crippen molar-refractivity contribution in [1.29, 1.82) is 0 Å².